The Balaban J connectivity index is 2.64. The third kappa shape index (κ3) is 2.09. The van der Waals surface area contributed by atoms with E-state index in [1.54, 1.807) is 19.1 Å². The first kappa shape index (κ1) is 8.78. The van der Waals surface area contributed by atoms with E-state index in [4.69, 9.17) is 0 Å². The second-order valence-corrected chi connectivity index (χ2v) is 2.69. The van der Waals surface area contributed by atoms with E-state index in [-0.39, 0.29) is 18.0 Å². The molecule has 1 N–H and O–H groups in total. The number of hydrogen-bond donors (Lipinski definition) is 1. The normalized spacial score (nSPS) is 13.9. The van der Waals surface area contributed by atoms with Gasteiger partial charge in [-0.3, -0.25) is 4.79 Å². The summed E-state index contributed by atoms with van der Waals surface area (Å²) in [5.74, 6) is 0.237. The van der Waals surface area contributed by atoms with E-state index in [1.807, 2.05) is 12.2 Å². The summed E-state index contributed by atoms with van der Waals surface area (Å²) in [5.41, 5.74) is 0.747. The van der Waals surface area contributed by atoms with E-state index in [9.17, 15) is 9.90 Å². The van der Waals surface area contributed by atoms with E-state index in [1.165, 1.54) is 0 Å². The van der Waals surface area contributed by atoms with Gasteiger partial charge in [0.25, 0.3) is 0 Å². The summed E-state index contributed by atoms with van der Waals surface area (Å²) in [4.78, 5) is 10.9. The first-order valence-electron chi connectivity index (χ1n) is 4.02. The van der Waals surface area contributed by atoms with Gasteiger partial charge in [-0.05, 0) is 0 Å². The molecular weight excluding hydrogens is 152 g/mol. The summed E-state index contributed by atoms with van der Waals surface area (Å²) in [7, 11) is 0. The molecule has 0 atom stereocenters. The zero-order valence-electron chi connectivity index (χ0n) is 7.08. The lowest BCUT2D eigenvalue weighted by atomic mass is 10.1. The van der Waals surface area contributed by atoms with Crippen LogP contribution in [0, 0.1) is 0 Å². The summed E-state index contributed by atoms with van der Waals surface area (Å²) in [6, 6.07) is 0. The molecule has 0 aromatic carbocycles. The van der Waals surface area contributed by atoms with Gasteiger partial charge in [-0.1, -0.05) is 31.2 Å². The monoisotopic (exact) mass is 164 g/mol. The largest absolute Gasteiger partial charge is 0.511 e. The van der Waals surface area contributed by atoms with Crippen molar-refractivity contribution >= 4 is 5.78 Å². The molecule has 1 rings (SSSR count). The van der Waals surface area contributed by atoms with Crippen LogP contribution in [-0.4, -0.2) is 10.9 Å². The second-order valence-electron chi connectivity index (χ2n) is 2.69. The molecule has 0 amide bonds. The number of aliphatic hydroxyl groups excluding tert-OH is 1. The minimum Gasteiger partial charge on any atom is -0.511 e. The maximum atomic E-state index is 10.9. The number of Topliss-reactive ketones (excluding diaryl/α,β-unsaturated/α-hetero) is 1. The molecule has 0 bridgehead atoms. The number of ketones is 1. The Morgan fingerprint density at radius 2 is 2.00 bits per heavy atom. The SMILES string of the molecule is CCC(=O)CC(O)=C1C=CC=C1. The minimum absolute atomic E-state index is 0.0636. The number of carbonyl (C=O) groups is 1. The Hall–Kier alpha value is -1.31. The fraction of sp³-hybridized carbons (Fsp3) is 0.300. The molecule has 1 aliphatic carbocycles. The van der Waals surface area contributed by atoms with Gasteiger partial charge in [0, 0.05) is 12.0 Å². The standard InChI is InChI=1S/C10H12O2/c1-2-9(11)7-10(12)8-5-3-4-6-8/h3-6,12H,2,7H2,1H3. The average molecular weight is 164 g/mol. The van der Waals surface area contributed by atoms with Gasteiger partial charge >= 0.3 is 0 Å². The van der Waals surface area contributed by atoms with E-state index < -0.39 is 0 Å². The number of carbonyl (C=O) groups excluding carboxylic acids is 1. The lowest BCUT2D eigenvalue weighted by Crippen LogP contribution is -1.98. The minimum atomic E-state index is 0.0636. The summed E-state index contributed by atoms with van der Waals surface area (Å²) >= 11 is 0. The van der Waals surface area contributed by atoms with Crippen molar-refractivity contribution < 1.29 is 9.90 Å². The highest BCUT2D eigenvalue weighted by atomic mass is 16.3. The smallest absolute Gasteiger partial charge is 0.140 e. The van der Waals surface area contributed by atoms with Gasteiger partial charge in [-0.25, -0.2) is 0 Å². The van der Waals surface area contributed by atoms with Crippen LogP contribution in [0.15, 0.2) is 35.6 Å². The van der Waals surface area contributed by atoms with Crippen molar-refractivity contribution in [2.75, 3.05) is 0 Å². The Morgan fingerprint density at radius 1 is 1.42 bits per heavy atom. The highest BCUT2D eigenvalue weighted by Gasteiger charge is 2.06. The zero-order chi connectivity index (χ0) is 8.97. The molecule has 0 aliphatic heterocycles. The summed E-state index contributed by atoms with van der Waals surface area (Å²) in [5, 5.41) is 9.41. The van der Waals surface area contributed by atoms with Crippen molar-refractivity contribution in [2.24, 2.45) is 0 Å². The van der Waals surface area contributed by atoms with Crippen LogP contribution in [0.1, 0.15) is 19.8 Å². The van der Waals surface area contributed by atoms with Crippen LogP contribution in [0.5, 0.6) is 0 Å². The fourth-order valence-corrected chi connectivity index (χ4v) is 0.980. The van der Waals surface area contributed by atoms with Crippen molar-refractivity contribution in [2.45, 2.75) is 19.8 Å². The molecule has 0 aromatic rings. The third-order valence-corrected chi connectivity index (χ3v) is 1.75. The number of hydrogen-bond acceptors (Lipinski definition) is 2. The van der Waals surface area contributed by atoms with Crippen LogP contribution < -0.4 is 0 Å². The van der Waals surface area contributed by atoms with Crippen LogP contribution in [0.4, 0.5) is 0 Å². The summed E-state index contributed by atoms with van der Waals surface area (Å²) in [6.45, 7) is 1.79. The maximum absolute atomic E-state index is 10.9. The number of aliphatic hydroxyl groups is 1. The van der Waals surface area contributed by atoms with E-state index in [0.717, 1.165) is 5.57 Å². The van der Waals surface area contributed by atoms with Gasteiger partial charge in [0.05, 0.1) is 6.42 Å². The Kier molecular flexibility index (Phi) is 2.86. The first-order chi connectivity index (χ1) is 5.74. The van der Waals surface area contributed by atoms with Crippen LogP contribution in [-0.2, 0) is 4.79 Å². The van der Waals surface area contributed by atoms with Crippen LogP contribution in [0.25, 0.3) is 0 Å². The topological polar surface area (TPSA) is 37.3 Å². The van der Waals surface area contributed by atoms with Crippen molar-refractivity contribution in [1.29, 1.82) is 0 Å². The lowest BCUT2D eigenvalue weighted by molar-refractivity contribution is -0.118. The van der Waals surface area contributed by atoms with E-state index in [0.29, 0.717) is 6.42 Å². The number of allylic oxidation sites excluding steroid dienone is 6. The van der Waals surface area contributed by atoms with Gasteiger partial charge in [0.2, 0.25) is 0 Å². The Labute approximate surface area is 71.9 Å². The highest BCUT2D eigenvalue weighted by Crippen LogP contribution is 2.14. The predicted octanol–water partition coefficient (Wildman–Crippen LogP) is 2.29. The molecule has 0 saturated carbocycles. The molecule has 0 unspecified atom stereocenters. The van der Waals surface area contributed by atoms with Crippen molar-refractivity contribution in [1.82, 2.24) is 0 Å². The lowest BCUT2D eigenvalue weighted by Gasteiger charge is -1.99. The molecule has 0 spiro atoms. The zero-order valence-corrected chi connectivity index (χ0v) is 7.08. The molecule has 0 radical (unpaired) electrons. The first-order valence-corrected chi connectivity index (χ1v) is 4.02. The predicted molar refractivity (Wildman–Crippen MR) is 47.8 cm³/mol. The van der Waals surface area contributed by atoms with Crippen molar-refractivity contribution in [3.05, 3.63) is 35.6 Å². The van der Waals surface area contributed by atoms with Crippen LogP contribution in [0.2, 0.25) is 0 Å². The molecule has 2 nitrogen and oxygen atoms in total. The molecule has 0 fully saturated rings. The second kappa shape index (κ2) is 3.90. The molecule has 2 heteroatoms. The molecule has 12 heavy (non-hydrogen) atoms. The van der Waals surface area contributed by atoms with Gasteiger partial charge in [-0.15, -0.1) is 0 Å². The van der Waals surface area contributed by atoms with Gasteiger partial charge in [-0.2, -0.15) is 0 Å². The van der Waals surface area contributed by atoms with Crippen molar-refractivity contribution in [3.8, 4) is 0 Å². The van der Waals surface area contributed by atoms with E-state index in [2.05, 4.69) is 0 Å². The number of rotatable bonds is 3. The summed E-state index contributed by atoms with van der Waals surface area (Å²) < 4.78 is 0. The molecular formula is C10H12O2. The van der Waals surface area contributed by atoms with Gasteiger partial charge < -0.3 is 5.11 Å². The fourth-order valence-electron chi connectivity index (χ4n) is 0.980. The molecule has 0 heterocycles. The maximum Gasteiger partial charge on any atom is 0.140 e. The highest BCUT2D eigenvalue weighted by molar-refractivity contribution is 5.80. The van der Waals surface area contributed by atoms with Crippen molar-refractivity contribution in [3.63, 3.8) is 0 Å². The molecule has 64 valence electrons. The van der Waals surface area contributed by atoms with Crippen LogP contribution in [0.3, 0.4) is 0 Å². The molecule has 0 saturated heterocycles. The molecule has 0 aromatic heterocycles. The van der Waals surface area contributed by atoms with Gasteiger partial charge in [0.15, 0.2) is 0 Å². The molecule has 1 aliphatic rings. The van der Waals surface area contributed by atoms with E-state index >= 15 is 0 Å². The summed E-state index contributed by atoms with van der Waals surface area (Å²) in [6.07, 6.45) is 7.88. The quantitative estimate of drug-likeness (QED) is 0.650. The Bertz CT molecular complexity index is 256. The Morgan fingerprint density at radius 3 is 2.50 bits per heavy atom. The average Bonchev–Trinajstić information content (AvgIpc) is 2.56. The van der Waals surface area contributed by atoms with Gasteiger partial charge in [0.1, 0.15) is 11.5 Å². The third-order valence-electron chi connectivity index (χ3n) is 1.75. The van der Waals surface area contributed by atoms with Crippen LogP contribution >= 0.6 is 0 Å².